The van der Waals surface area contributed by atoms with Crippen molar-refractivity contribution < 1.29 is 9.18 Å². The Hall–Kier alpha value is -2.26. The first-order chi connectivity index (χ1) is 12.0. The number of Topliss-reactive ketones (excluding diaryl/α,β-unsaturated/α-hetero) is 1. The molecule has 0 heterocycles. The molecular formula is C22H18BrFO. The number of rotatable bonds is 4. The van der Waals surface area contributed by atoms with E-state index in [-0.39, 0.29) is 11.6 Å². The molecule has 3 aromatic rings. The van der Waals surface area contributed by atoms with Crippen molar-refractivity contribution in [2.24, 2.45) is 0 Å². The van der Waals surface area contributed by atoms with E-state index in [4.69, 9.17) is 0 Å². The fourth-order valence-corrected chi connectivity index (χ4v) is 3.24. The Morgan fingerprint density at radius 2 is 1.56 bits per heavy atom. The Morgan fingerprint density at radius 1 is 0.920 bits per heavy atom. The van der Waals surface area contributed by atoms with Crippen LogP contribution in [-0.2, 0) is 0 Å². The van der Waals surface area contributed by atoms with Crippen LogP contribution in [0, 0.1) is 19.7 Å². The van der Waals surface area contributed by atoms with Gasteiger partial charge in [-0.2, -0.15) is 0 Å². The van der Waals surface area contributed by atoms with E-state index in [0.717, 1.165) is 26.7 Å². The lowest BCUT2D eigenvalue weighted by Gasteiger charge is -2.20. The highest BCUT2D eigenvalue weighted by Crippen LogP contribution is 2.32. The van der Waals surface area contributed by atoms with Crippen molar-refractivity contribution in [2.75, 3.05) is 0 Å². The Labute approximate surface area is 155 Å². The number of hydrogen-bond acceptors (Lipinski definition) is 1. The van der Waals surface area contributed by atoms with E-state index in [1.807, 2.05) is 56.3 Å². The topological polar surface area (TPSA) is 17.1 Å². The number of carbonyl (C=O) groups excluding carboxylic acids is 1. The van der Waals surface area contributed by atoms with Crippen molar-refractivity contribution in [2.45, 2.75) is 19.8 Å². The molecule has 0 N–H and O–H groups in total. The van der Waals surface area contributed by atoms with Crippen LogP contribution >= 0.6 is 15.9 Å². The molecule has 0 aromatic heterocycles. The molecule has 0 spiro atoms. The van der Waals surface area contributed by atoms with Crippen molar-refractivity contribution in [3.63, 3.8) is 0 Å². The van der Waals surface area contributed by atoms with Gasteiger partial charge in [0.15, 0.2) is 5.78 Å². The zero-order valence-electron chi connectivity index (χ0n) is 14.1. The smallest absolute Gasteiger partial charge is 0.174 e. The van der Waals surface area contributed by atoms with Crippen LogP contribution in [0.4, 0.5) is 4.39 Å². The van der Waals surface area contributed by atoms with E-state index in [9.17, 15) is 9.18 Å². The minimum atomic E-state index is -0.457. The fourth-order valence-electron chi connectivity index (χ4n) is 2.98. The molecule has 126 valence electrons. The molecule has 1 atom stereocenters. The summed E-state index contributed by atoms with van der Waals surface area (Å²) in [5.41, 5.74) is 4.53. The van der Waals surface area contributed by atoms with E-state index < -0.39 is 5.92 Å². The monoisotopic (exact) mass is 396 g/mol. The molecule has 0 saturated carbocycles. The molecule has 1 unspecified atom stereocenters. The van der Waals surface area contributed by atoms with Crippen molar-refractivity contribution in [1.29, 1.82) is 0 Å². The molecule has 0 bridgehead atoms. The lowest BCUT2D eigenvalue weighted by Crippen LogP contribution is -2.16. The molecular weight excluding hydrogens is 379 g/mol. The van der Waals surface area contributed by atoms with E-state index in [2.05, 4.69) is 15.9 Å². The molecule has 0 fully saturated rings. The van der Waals surface area contributed by atoms with Crippen LogP contribution in [0.3, 0.4) is 0 Å². The van der Waals surface area contributed by atoms with Gasteiger partial charge in [0.2, 0.25) is 0 Å². The second-order valence-electron chi connectivity index (χ2n) is 6.22. The van der Waals surface area contributed by atoms with Crippen molar-refractivity contribution in [3.05, 3.63) is 105 Å². The van der Waals surface area contributed by atoms with E-state index in [1.165, 1.54) is 12.1 Å². The molecule has 3 rings (SSSR count). The standard InChI is InChI=1S/C22H18BrFO/c1-14-3-4-15(2)20(13-14)21(16-7-11-19(24)12-8-16)22(25)17-5-9-18(23)10-6-17/h3-13,21H,1-2H3. The maximum atomic E-state index is 13.4. The van der Waals surface area contributed by atoms with Crippen LogP contribution in [0.2, 0.25) is 0 Å². The van der Waals surface area contributed by atoms with Crippen molar-refractivity contribution in [3.8, 4) is 0 Å². The lowest BCUT2D eigenvalue weighted by atomic mass is 9.82. The SMILES string of the molecule is Cc1ccc(C)c(C(C(=O)c2ccc(Br)cc2)c2ccc(F)cc2)c1. The van der Waals surface area contributed by atoms with Crippen molar-refractivity contribution >= 4 is 21.7 Å². The van der Waals surface area contributed by atoms with Crippen LogP contribution in [0.5, 0.6) is 0 Å². The number of hydrogen-bond donors (Lipinski definition) is 0. The summed E-state index contributed by atoms with van der Waals surface area (Å²) in [5.74, 6) is -0.756. The molecule has 0 aliphatic heterocycles. The number of aryl methyl sites for hydroxylation is 2. The fraction of sp³-hybridized carbons (Fsp3) is 0.136. The molecule has 25 heavy (non-hydrogen) atoms. The van der Waals surface area contributed by atoms with Gasteiger partial charge in [-0.15, -0.1) is 0 Å². The first kappa shape index (κ1) is 17.6. The molecule has 0 aliphatic carbocycles. The average Bonchev–Trinajstić information content (AvgIpc) is 2.60. The summed E-state index contributed by atoms with van der Waals surface area (Å²) >= 11 is 3.40. The summed E-state index contributed by atoms with van der Waals surface area (Å²) in [4.78, 5) is 13.3. The molecule has 0 saturated heterocycles. The predicted octanol–water partition coefficient (Wildman–Crippen LogP) is 6.22. The first-order valence-electron chi connectivity index (χ1n) is 8.08. The Balaban J connectivity index is 2.14. The largest absolute Gasteiger partial charge is 0.293 e. The van der Waals surface area contributed by atoms with Gasteiger partial charge < -0.3 is 0 Å². The van der Waals surface area contributed by atoms with E-state index in [1.54, 1.807) is 12.1 Å². The normalized spacial score (nSPS) is 12.0. The van der Waals surface area contributed by atoms with Gasteiger partial charge in [0, 0.05) is 10.0 Å². The van der Waals surface area contributed by atoms with Gasteiger partial charge in [-0.3, -0.25) is 4.79 Å². The average molecular weight is 397 g/mol. The molecule has 1 nitrogen and oxygen atoms in total. The number of carbonyl (C=O) groups is 1. The quantitative estimate of drug-likeness (QED) is 0.478. The van der Waals surface area contributed by atoms with Gasteiger partial charge in [0.25, 0.3) is 0 Å². The van der Waals surface area contributed by atoms with Gasteiger partial charge in [-0.25, -0.2) is 4.39 Å². The summed E-state index contributed by atoms with van der Waals surface area (Å²) in [7, 11) is 0. The third-order valence-electron chi connectivity index (χ3n) is 4.34. The van der Waals surface area contributed by atoms with Crippen LogP contribution in [0.15, 0.2) is 71.2 Å². The summed E-state index contributed by atoms with van der Waals surface area (Å²) < 4.78 is 14.3. The van der Waals surface area contributed by atoms with Gasteiger partial charge in [0.05, 0.1) is 5.92 Å². The Kier molecular flexibility index (Phi) is 5.14. The van der Waals surface area contributed by atoms with Gasteiger partial charge in [-0.1, -0.05) is 64.0 Å². The first-order valence-corrected chi connectivity index (χ1v) is 8.87. The van der Waals surface area contributed by atoms with Crippen LogP contribution in [0.1, 0.15) is 38.5 Å². The molecule has 3 aromatic carbocycles. The molecule has 0 aliphatic rings. The Morgan fingerprint density at radius 3 is 2.20 bits per heavy atom. The van der Waals surface area contributed by atoms with Crippen LogP contribution < -0.4 is 0 Å². The van der Waals surface area contributed by atoms with Crippen LogP contribution in [0.25, 0.3) is 0 Å². The Bertz CT molecular complexity index is 898. The highest BCUT2D eigenvalue weighted by molar-refractivity contribution is 9.10. The molecule has 0 radical (unpaired) electrons. The van der Waals surface area contributed by atoms with Crippen LogP contribution in [-0.4, -0.2) is 5.78 Å². The minimum absolute atomic E-state index is 0.00723. The number of benzene rings is 3. The third kappa shape index (κ3) is 3.88. The van der Waals surface area contributed by atoms with E-state index >= 15 is 0 Å². The maximum Gasteiger partial charge on any atom is 0.174 e. The minimum Gasteiger partial charge on any atom is -0.293 e. The summed E-state index contributed by atoms with van der Waals surface area (Å²) in [6.07, 6.45) is 0. The number of ketones is 1. The second kappa shape index (κ2) is 7.32. The van der Waals surface area contributed by atoms with Gasteiger partial charge in [0.1, 0.15) is 5.82 Å². The molecule has 3 heteroatoms. The molecule has 0 amide bonds. The summed E-state index contributed by atoms with van der Waals surface area (Å²) in [6.45, 7) is 4.01. The van der Waals surface area contributed by atoms with Crippen molar-refractivity contribution in [1.82, 2.24) is 0 Å². The lowest BCUT2D eigenvalue weighted by molar-refractivity contribution is 0.0973. The van der Waals surface area contributed by atoms with Gasteiger partial charge >= 0.3 is 0 Å². The summed E-state index contributed by atoms with van der Waals surface area (Å²) in [6, 6.07) is 19.6. The second-order valence-corrected chi connectivity index (χ2v) is 7.13. The number of halogens is 2. The van der Waals surface area contributed by atoms with Gasteiger partial charge in [-0.05, 0) is 54.8 Å². The predicted molar refractivity (Wildman–Crippen MR) is 103 cm³/mol. The highest BCUT2D eigenvalue weighted by atomic mass is 79.9. The zero-order valence-corrected chi connectivity index (χ0v) is 15.7. The maximum absolute atomic E-state index is 13.4. The van der Waals surface area contributed by atoms with E-state index in [0.29, 0.717) is 5.56 Å². The summed E-state index contributed by atoms with van der Waals surface area (Å²) in [5, 5.41) is 0. The third-order valence-corrected chi connectivity index (χ3v) is 4.87. The zero-order chi connectivity index (χ0) is 18.0. The highest BCUT2D eigenvalue weighted by Gasteiger charge is 2.25.